The van der Waals surface area contributed by atoms with E-state index in [4.69, 9.17) is 0 Å². The van der Waals surface area contributed by atoms with Crippen LogP contribution in [0.25, 0.3) is 5.69 Å². The molecule has 0 unspecified atom stereocenters. The molecule has 0 fully saturated rings. The van der Waals surface area contributed by atoms with E-state index in [0.717, 1.165) is 11.3 Å². The molecule has 0 aliphatic rings. The SMILES string of the molecule is O=C(Cc1ccc(-n2cnnn2)cc1)Nc1cccc(C(=O)Nc2ccccn2)c1. The van der Waals surface area contributed by atoms with E-state index < -0.39 is 0 Å². The van der Waals surface area contributed by atoms with Gasteiger partial charge in [-0.25, -0.2) is 9.67 Å². The van der Waals surface area contributed by atoms with Gasteiger partial charge in [0.15, 0.2) is 0 Å². The Bertz CT molecular complexity index is 1140. The lowest BCUT2D eigenvalue weighted by molar-refractivity contribution is -0.115. The lowest BCUT2D eigenvalue weighted by atomic mass is 10.1. The largest absolute Gasteiger partial charge is 0.326 e. The molecule has 0 aliphatic carbocycles. The van der Waals surface area contributed by atoms with Crippen LogP contribution in [0.2, 0.25) is 0 Å². The minimum Gasteiger partial charge on any atom is -0.326 e. The minimum absolute atomic E-state index is 0.188. The molecule has 9 heteroatoms. The van der Waals surface area contributed by atoms with Crippen LogP contribution in [0.3, 0.4) is 0 Å². The lowest BCUT2D eigenvalue weighted by Crippen LogP contribution is -2.16. The van der Waals surface area contributed by atoms with Crippen molar-refractivity contribution in [3.63, 3.8) is 0 Å². The van der Waals surface area contributed by atoms with Gasteiger partial charge in [0.25, 0.3) is 5.91 Å². The Morgan fingerprint density at radius 1 is 0.933 bits per heavy atom. The number of nitrogens with zero attached hydrogens (tertiary/aromatic N) is 5. The summed E-state index contributed by atoms with van der Waals surface area (Å²) in [7, 11) is 0. The fraction of sp³-hybridized carbons (Fsp3) is 0.0476. The van der Waals surface area contributed by atoms with Crippen molar-refractivity contribution in [2.45, 2.75) is 6.42 Å². The molecule has 2 N–H and O–H groups in total. The summed E-state index contributed by atoms with van der Waals surface area (Å²) >= 11 is 0. The molecule has 0 spiro atoms. The molecule has 0 saturated carbocycles. The highest BCUT2D eigenvalue weighted by molar-refractivity contribution is 6.05. The molecule has 30 heavy (non-hydrogen) atoms. The van der Waals surface area contributed by atoms with E-state index in [0.29, 0.717) is 17.1 Å². The molecule has 148 valence electrons. The normalized spacial score (nSPS) is 10.4. The fourth-order valence-electron chi connectivity index (χ4n) is 2.80. The quantitative estimate of drug-likeness (QED) is 0.515. The van der Waals surface area contributed by atoms with Gasteiger partial charge in [-0.3, -0.25) is 9.59 Å². The Labute approximate surface area is 171 Å². The zero-order valence-corrected chi connectivity index (χ0v) is 15.8. The topological polar surface area (TPSA) is 115 Å². The van der Waals surface area contributed by atoms with Crippen LogP contribution >= 0.6 is 0 Å². The van der Waals surface area contributed by atoms with Crippen molar-refractivity contribution in [1.82, 2.24) is 25.2 Å². The predicted octanol–water partition coefficient (Wildman–Crippen LogP) is 2.49. The Balaban J connectivity index is 1.37. The molecule has 0 saturated heterocycles. The third kappa shape index (κ3) is 4.71. The first-order valence-corrected chi connectivity index (χ1v) is 9.12. The van der Waals surface area contributed by atoms with Gasteiger partial charge in [0.1, 0.15) is 12.1 Å². The van der Waals surface area contributed by atoms with E-state index in [1.807, 2.05) is 24.3 Å². The number of benzene rings is 2. The summed E-state index contributed by atoms with van der Waals surface area (Å²) in [6, 6.07) is 19.3. The van der Waals surface area contributed by atoms with E-state index in [9.17, 15) is 9.59 Å². The minimum atomic E-state index is -0.303. The van der Waals surface area contributed by atoms with Gasteiger partial charge < -0.3 is 10.6 Å². The third-order valence-electron chi connectivity index (χ3n) is 4.23. The third-order valence-corrected chi connectivity index (χ3v) is 4.23. The van der Waals surface area contributed by atoms with Gasteiger partial charge in [0.05, 0.1) is 12.1 Å². The molecule has 4 rings (SSSR count). The van der Waals surface area contributed by atoms with E-state index >= 15 is 0 Å². The van der Waals surface area contributed by atoms with Gasteiger partial charge in [-0.15, -0.1) is 5.10 Å². The molecule has 0 aliphatic heterocycles. The Kier molecular flexibility index (Phi) is 5.52. The van der Waals surface area contributed by atoms with Gasteiger partial charge in [0, 0.05) is 17.4 Å². The second-order valence-electron chi connectivity index (χ2n) is 6.40. The first-order chi connectivity index (χ1) is 14.7. The number of nitrogens with one attached hydrogen (secondary N) is 2. The van der Waals surface area contributed by atoms with Crippen molar-refractivity contribution in [1.29, 1.82) is 0 Å². The van der Waals surface area contributed by atoms with Crippen LogP contribution in [0, 0.1) is 0 Å². The molecular formula is C21H17N7O2. The molecule has 2 aromatic carbocycles. The zero-order chi connectivity index (χ0) is 20.8. The van der Waals surface area contributed by atoms with Gasteiger partial charge in [-0.1, -0.05) is 24.3 Å². The van der Waals surface area contributed by atoms with Gasteiger partial charge in [0.2, 0.25) is 5.91 Å². The van der Waals surface area contributed by atoms with Crippen LogP contribution < -0.4 is 10.6 Å². The maximum absolute atomic E-state index is 12.4. The number of carbonyl (C=O) groups excluding carboxylic acids is 2. The number of pyridine rings is 1. The monoisotopic (exact) mass is 399 g/mol. The van der Waals surface area contributed by atoms with Crippen LogP contribution in [-0.2, 0) is 11.2 Å². The highest BCUT2D eigenvalue weighted by Crippen LogP contribution is 2.14. The summed E-state index contributed by atoms with van der Waals surface area (Å²) in [6.07, 6.45) is 3.29. The van der Waals surface area contributed by atoms with Crippen LogP contribution in [-0.4, -0.2) is 37.0 Å². The van der Waals surface area contributed by atoms with Crippen molar-refractivity contribution in [3.05, 3.63) is 90.4 Å². The first-order valence-electron chi connectivity index (χ1n) is 9.12. The number of anilines is 2. The summed E-state index contributed by atoms with van der Waals surface area (Å²) in [6.45, 7) is 0. The number of rotatable bonds is 6. The Morgan fingerprint density at radius 2 is 1.80 bits per heavy atom. The number of aromatic nitrogens is 5. The van der Waals surface area contributed by atoms with E-state index in [1.165, 1.54) is 11.0 Å². The van der Waals surface area contributed by atoms with Gasteiger partial charge in [-0.2, -0.15) is 0 Å². The van der Waals surface area contributed by atoms with E-state index in [1.54, 1.807) is 48.7 Å². The number of amides is 2. The lowest BCUT2D eigenvalue weighted by Gasteiger charge is -2.08. The summed E-state index contributed by atoms with van der Waals surface area (Å²) < 4.78 is 1.53. The summed E-state index contributed by atoms with van der Waals surface area (Å²) in [5, 5.41) is 16.5. The summed E-state index contributed by atoms with van der Waals surface area (Å²) in [5.41, 5.74) is 2.60. The van der Waals surface area contributed by atoms with Crippen molar-refractivity contribution < 1.29 is 9.59 Å². The van der Waals surface area contributed by atoms with Crippen molar-refractivity contribution in [2.24, 2.45) is 0 Å². The number of carbonyl (C=O) groups is 2. The second kappa shape index (κ2) is 8.74. The van der Waals surface area contributed by atoms with Crippen molar-refractivity contribution in [3.8, 4) is 5.69 Å². The maximum Gasteiger partial charge on any atom is 0.256 e. The standard InChI is InChI=1S/C21H17N7O2/c29-20(12-15-7-9-18(10-8-15)28-14-23-26-27-28)24-17-5-3-4-16(13-17)21(30)25-19-6-1-2-11-22-19/h1-11,13-14H,12H2,(H,24,29)(H,22,25,30). The number of tetrazole rings is 1. The summed E-state index contributed by atoms with van der Waals surface area (Å²) in [5.74, 6) is -0.0301. The van der Waals surface area contributed by atoms with Crippen LogP contribution in [0.5, 0.6) is 0 Å². The molecule has 2 heterocycles. The van der Waals surface area contributed by atoms with Gasteiger partial charge >= 0.3 is 0 Å². The highest BCUT2D eigenvalue weighted by Gasteiger charge is 2.10. The Hall–Kier alpha value is -4.40. The van der Waals surface area contributed by atoms with Crippen LogP contribution in [0.1, 0.15) is 15.9 Å². The van der Waals surface area contributed by atoms with E-state index in [2.05, 4.69) is 31.1 Å². The maximum atomic E-state index is 12.4. The average molecular weight is 399 g/mol. The molecule has 9 nitrogen and oxygen atoms in total. The van der Waals surface area contributed by atoms with E-state index in [-0.39, 0.29) is 18.2 Å². The predicted molar refractivity (Wildman–Crippen MR) is 110 cm³/mol. The van der Waals surface area contributed by atoms with Crippen LogP contribution in [0.4, 0.5) is 11.5 Å². The zero-order valence-electron chi connectivity index (χ0n) is 15.8. The van der Waals surface area contributed by atoms with Crippen LogP contribution in [0.15, 0.2) is 79.3 Å². The molecule has 4 aromatic rings. The Morgan fingerprint density at radius 3 is 2.53 bits per heavy atom. The summed E-state index contributed by atoms with van der Waals surface area (Å²) in [4.78, 5) is 28.9. The average Bonchev–Trinajstić information content (AvgIpc) is 3.30. The van der Waals surface area contributed by atoms with Gasteiger partial charge in [-0.05, 0) is 58.5 Å². The van der Waals surface area contributed by atoms with Crippen molar-refractivity contribution >= 4 is 23.3 Å². The molecule has 2 amide bonds. The molecular weight excluding hydrogens is 382 g/mol. The molecule has 2 aromatic heterocycles. The fourth-order valence-corrected chi connectivity index (χ4v) is 2.80. The smallest absolute Gasteiger partial charge is 0.256 e. The highest BCUT2D eigenvalue weighted by atomic mass is 16.2. The molecule has 0 bridgehead atoms. The van der Waals surface area contributed by atoms with Crippen molar-refractivity contribution in [2.75, 3.05) is 10.6 Å². The number of hydrogen-bond acceptors (Lipinski definition) is 6. The number of hydrogen-bond donors (Lipinski definition) is 2. The first kappa shape index (κ1) is 18.9. The second-order valence-corrected chi connectivity index (χ2v) is 6.40. The molecule has 0 radical (unpaired) electrons. The molecule has 0 atom stereocenters.